The Morgan fingerprint density at radius 3 is 2.66 bits per heavy atom. The first-order chi connectivity index (χ1) is 13.7. The van der Waals surface area contributed by atoms with Gasteiger partial charge in [0.25, 0.3) is 5.91 Å². The maximum atomic E-state index is 12.9. The third kappa shape index (κ3) is 4.35. The standard InChI is InChI=1S/C18H24N4O5S2/c1-5-6-13-15(17(24)27-4)19-18(28-13)20-16(23)14-10(2)21-22(11(14)3)12-7-8-29(25,26)9-12/h12H,5-9H2,1-4H3,(H,19,20,23). The van der Waals surface area contributed by atoms with Crippen LogP contribution in [0.2, 0.25) is 0 Å². The van der Waals surface area contributed by atoms with Crippen molar-refractivity contribution in [1.82, 2.24) is 14.8 Å². The van der Waals surface area contributed by atoms with E-state index in [-0.39, 0.29) is 29.1 Å². The van der Waals surface area contributed by atoms with Crippen LogP contribution in [0.4, 0.5) is 5.13 Å². The number of esters is 1. The molecule has 0 bridgehead atoms. The Balaban J connectivity index is 1.86. The maximum Gasteiger partial charge on any atom is 0.357 e. The number of amides is 1. The van der Waals surface area contributed by atoms with Crippen molar-refractivity contribution in [3.8, 4) is 0 Å². The molecule has 1 saturated heterocycles. The lowest BCUT2D eigenvalue weighted by molar-refractivity contribution is 0.0593. The number of nitrogens with zero attached hydrogens (tertiary/aromatic N) is 3. The molecule has 2 aromatic heterocycles. The van der Waals surface area contributed by atoms with Gasteiger partial charge in [0, 0.05) is 10.6 Å². The van der Waals surface area contributed by atoms with E-state index in [0.29, 0.717) is 34.9 Å². The molecule has 1 fully saturated rings. The molecule has 1 aliphatic rings. The van der Waals surface area contributed by atoms with Crippen molar-refractivity contribution >= 4 is 38.2 Å². The Morgan fingerprint density at radius 2 is 2.07 bits per heavy atom. The first-order valence-electron chi connectivity index (χ1n) is 9.32. The number of anilines is 1. The molecule has 0 aliphatic carbocycles. The largest absolute Gasteiger partial charge is 0.464 e. The van der Waals surface area contributed by atoms with E-state index in [1.165, 1.54) is 18.4 Å². The van der Waals surface area contributed by atoms with E-state index in [0.717, 1.165) is 11.3 Å². The highest BCUT2D eigenvalue weighted by molar-refractivity contribution is 7.91. The van der Waals surface area contributed by atoms with Gasteiger partial charge in [0.05, 0.1) is 35.9 Å². The first-order valence-corrected chi connectivity index (χ1v) is 12.0. The van der Waals surface area contributed by atoms with Crippen LogP contribution in [0, 0.1) is 13.8 Å². The van der Waals surface area contributed by atoms with Gasteiger partial charge in [-0.3, -0.25) is 14.8 Å². The summed E-state index contributed by atoms with van der Waals surface area (Å²) in [5.41, 5.74) is 1.74. The minimum atomic E-state index is -3.06. The Labute approximate surface area is 173 Å². The molecule has 1 N–H and O–H groups in total. The lowest BCUT2D eigenvalue weighted by atomic mass is 10.1. The minimum Gasteiger partial charge on any atom is -0.464 e. The SMILES string of the molecule is CCCc1sc(NC(=O)c2c(C)nn(C3CCS(=O)(=O)C3)c2C)nc1C(=O)OC. The zero-order valence-electron chi connectivity index (χ0n) is 16.8. The van der Waals surface area contributed by atoms with E-state index in [4.69, 9.17) is 4.74 Å². The van der Waals surface area contributed by atoms with Gasteiger partial charge in [-0.1, -0.05) is 13.3 Å². The Kier molecular flexibility index (Phi) is 6.08. The number of hydrogen-bond acceptors (Lipinski definition) is 8. The summed E-state index contributed by atoms with van der Waals surface area (Å²) in [6, 6.07) is -0.262. The lowest BCUT2D eigenvalue weighted by Gasteiger charge is -2.11. The van der Waals surface area contributed by atoms with E-state index in [9.17, 15) is 18.0 Å². The highest BCUT2D eigenvalue weighted by Gasteiger charge is 2.32. The average molecular weight is 441 g/mol. The molecule has 0 saturated carbocycles. The number of carbonyl (C=O) groups is 2. The highest BCUT2D eigenvalue weighted by atomic mass is 32.2. The van der Waals surface area contributed by atoms with Gasteiger partial charge in [-0.15, -0.1) is 11.3 Å². The molecule has 29 heavy (non-hydrogen) atoms. The molecule has 0 spiro atoms. The zero-order valence-corrected chi connectivity index (χ0v) is 18.4. The van der Waals surface area contributed by atoms with E-state index in [1.807, 2.05) is 6.92 Å². The highest BCUT2D eigenvalue weighted by Crippen LogP contribution is 2.29. The van der Waals surface area contributed by atoms with Gasteiger partial charge in [-0.2, -0.15) is 5.10 Å². The van der Waals surface area contributed by atoms with Crippen molar-refractivity contribution < 1.29 is 22.7 Å². The number of methoxy groups -OCH3 is 1. The van der Waals surface area contributed by atoms with Gasteiger partial charge in [0.1, 0.15) is 0 Å². The molecular formula is C18H24N4O5S2. The number of aryl methyl sites for hydroxylation is 2. The first kappa shape index (κ1) is 21.4. The van der Waals surface area contributed by atoms with Crippen LogP contribution < -0.4 is 5.32 Å². The molecule has 11 heteroatoms. The molecule has 3 heterocycles. The van der Waals surface area contributed by atoms with Crippen molar-refractivity contribution in [2.75, 3.05) is 23.9 Å². The molecule has 158 valence electrons. The van der Waals surface area contributed by atoms with Crippen LogP contribution >= 0.6 is 11.3 Å². The number of aromatic nitrogens is 3. The van der Waals surface area contributed by atoms with Crippen LogP contribution in [0.5, 0.6) is 0 Å². The van der Waals surface area contributed by atoms with Crippen LogP contribution in [0.15, 0.2) is 0 Å². The monoisotopic (exact) mass is 440 g/mol. The quantitative estimate of drug-likeness (QED) is 0.684. The normalized spacial score (nSPS) is 18.0. The van der Waals surface area contributed by atoms with Crippen molar-refractivity contribution in [3.05, 3.63) is 27.5 Å². The third-order valence-electron chi connectivity index (χ3n) is 4.88. The van der Waals surface area contributed by atoms with Crippen LogP contribution in [0.25, 0.3) is 0 Å². The average Bonchev–Trinajstić information content (AvgIpc) is 3.30. The predicted molar refractivity (Wildman–Crippen MR) is 109 cm³/mol. The molecule has 2 aromatic rings. The second-order valence-electron chi connectivity index (χ2n) is 7.03. The topological polar surface area (TPSA) is 120 Å². The number of nitrogens with one attached hydrogen (secondary N) is 1. The number of ether oxygens (including phenoxy) is 1. The predicted octanol–water partition coefficient (Wildman–Crippen LogP) is 2.31. The Morgan fingerprint density at radius 1 is 1.34 bits per heavy atom. The van der Waals surface area contributed by atoms with Gasteiger partial charge >= 0.3 is 5.97 Å². The van der Waals surface area contributed by atoms with Crippen LogP contribution in [-0.2, 0) is 21.0 Å². The number of sulfone groups is 1. The van der Waals surface area contributed by atoms with Gasteiger partial charge in [-0.05, 0) is 26.7 Å². The Bertz CT molecular complexity index is 1050. The summed E-state index contributed by atoms with van der Waals surface area (Å²) < 4.78 is 30.0. The summed E-state index contributed by atoms with van der Waals surface area (Å²) >= 11 is 1.24. The minimum absolute atomic E-state index is 0.0331. The number of carbonyl (C=O) groups excluding carboxylic acids is 2. The molecule has 0 aromatic carbocycles. The summed E-state index contributed by atoms with van der Waals surface area (Å²) in [4.78, 5) is 29.8. The molecule has 1 atom stereocenters. The van der Waals surface area contributed by atoms with Gasteiger partial charge in [0.15, 0.2) is 20.7 Å². The van der Waals surface area contributed by atoms with E-state index in [2.05, 4.69) is 15.4 Å². The number of rotatable bonds is 6. The zero-order chi connectivity index (χ0) is 21.3. The fourth-order valence-electron chi connectivity index (χ4n) is 3.53. The Hall–Kier alpha value is -2.27. The van der Waals surface area contributed by atoms with Crippen LogP contribution in [-0.4, -0.2) is 53.7 Å². The van der Waals surface area contributed by atoms with Gasteiger partial charge in [0.2, 0.25) is 0 Å². The second-order valence-corrected chi connectivity index (χ2v) is 10.3. The summed E-state index contributed by atoms with van der Waals surface area (Å²) in [6.07, 6.45) is 1.97. The molecule has 1 unspecified atom stereocenters. The molecule has 3 rings (SSSR count). The second kappa shape index (κ2) is 8.23. The molecule has 9 nitrogen and oxygen atoms in total. The third-order valence-corrected chi connectivity index (χ3v) is 7.66. The van der Waals surface area contributed by atoms with Crippen molar-refractivity contribution in [2.24, 2.45) is 0 Å². The van der Waals surface area contributed by atoms with Gasteiger partial charge < -0.3 is 4.74 Å². The fraction of sp³-hybridized carbons (Fsp3) is 0.556. The van der Waals surface area contributed by atoms with E-state index >= 15 is 0 Å². The summed E-state index contributed by atoms with van der Waals surface area (Å²) in [6.45, 7) is 5.46. The molecular weight excluding hydrogens is 416 g/mol. The summed E-state index contributed by atoms with van der Waals surface area (Å²) in [5, 5.41) is 7.48. The molecule has 1 aliphatic heterocycles. The van der Waals surface area contributed by atoms with Gasteiger partial charge in [-0.25, -0.2) is 18.2 Å². The van der Waals surface area contributed by atoms with E-state index < -0.39 is 15.8 Å². The van der Waals surface area contributed by atoms with E-state index in [1.54, 1.807) is 18.5 Å². The smallest absolute Gasteiger partial charge is 0.357 e. The van der Waals surface area contributed by atoms with Crippen molar-refractivity contribution in [3.63, 3.8) is 0 Å². The molecule has 0 radical (unpaired) electrons. The number of thiazole rings is 1. The summed E-state index contributed by atoms with van der Waals surface area (Å²) in [5.74, 6) is -0.758. The van der Waals surface area contributed by atoms with Crippen LogP contribution in [0.1, 0.15) is 62.9 Å². The lowest BCUT2D eigenvalue weighted by Crippen LogP contribution is -2.16. The summed E-state index contributed by atoms with van der Waals surface area (Å²) in [7, 11) is -1.77. The fourth-order valence-corrected chi connectivity index (χ4v) is 6.27. The van der Waals surface area contributed by atoms with Crippen molar-refractivity contribution in [2.45, 2.75) is 46.1 Å². The van der Waals surface area contributed by atoms with Crippen LogP contribution in [0.3, 0.4) is 0 Å². The van der Waals surface area contributed by atoms with Crippen molar-refractivity contribution in [1.29, 1.82) is 0 Å². The number of hydrogen-bond donors (Lipinski definition) is 1. The molecule has 1 amide bonds. The maximum absolute atomic E-state index is 12.9.